The van der Waals surface area contributed by atoms with Crippen molar-refractivity contribution in [1.82, 2.24) is 15.0 Å². The van der Waals surface area contributed by atoms with Gasteiger partial charge in [0.2, 0.25) is 5.78 Å². The lowest BCUT2D eigenvalue weighted by Crippen LogP contribution is -2.06. The first-order valence-electron chi connectivity index (χ1n) is 7.89. The molecule has 4 rings (SSSR count). The van der Waals surface area contributed by atoms with E-state index >= 15 is 0 Å². The molecule has 1 heterocycles. The molecule has 4 N–H and O–H groups in total. The van der Waals surface area contributed by atoms with Gasteiger partial charge in [-0.25, -0.2) is 0 Å². The third-order valence-electron chi connectivity index (χ3n) is 4.07. The molecule has 8 nitrogen and oxygen atoms in total. The van der Waals surface area contributed by atoms with E-state index in [9.17, 15) is 25.2 Å². The fourth-order valence-corrected chi connectivity index (χ4v) is 2.73. The number of phenolic OH excluding ortho intramolecular Hbond substituents is 4. The molecule has 0 aliphatic carbocycles. The van der Waals surface area contributed by atoms with E-state index < -0.39 is 17.3 Å². The summed E-state index contributed by atoms with van der Waals surface area (Å²) in [6.07, 6.45) is 0. The Morgan fingerprint density at radius 3 is 2.00 bits per heavy atom. The third-order valence-corrected chi connectivity index (χ3v) is 4.07. The molecule has 0 amide bonds. The molecule has 1 aromatic heterocycles. The van der Waals surface area contributed by atoms with E-state index in [1.165, 1.54) is 18.2 Å². The highest BCUT2D eigenvalue weighted by Crippen LogP contribution is 2.33. The van der Waals surface area contributed by atoms with Crippen LogP contribution in [0.25, 0.3) is 16.7 Å². The zero-order valence-electron chi connectivity index (χ0n) is 13.7. The van der Waals surface area contributed by atoms with Crippen molar-refractivity contribution in [1.29, 1.82) is 0 Å². The first kappa shape index (κ1) is 16.4. The van der Waals surface area contributed by atoms with Crippen LogP contribution in [0, 0.1) is 0 Å². The molecule has 0 saturated heterocycles. The topological polar surface area (TPSA) is 129 Å². The quantitative estimate of drug-likeness (QED) is 0.412. The van der Waals surface area contributed by atoms with Gasteiger partial charge >= 0.3 is 0 Å². The normalized spacial score (nSPS) is 11.0. The predicted octanol–water partition coefficient (Wildman–Crippen LogP) is 2.47. The van der Waals surface area contributed by atoms with E-state index in [0.29, 0.717) is 11.0 Å². The second kappa shape index (κ2) is 6.03. The Morgan fingerprint density at radius 1 is 0.741 bits per heavy atom. The number of aromatic nitrogens is 3. The standard InChI is InChI=1S/C19H13N3O5/c23-10-5-6-11(16(24)7-10)19(27)12-8-15(18(26)9-17(12)25)22-20-13-3-1-2-4-14(13)21-22/h1-9,23-26H. The van der Waals surface area contributed by atoms with Crippen LogP contribution in [0.3, 0.4) is 0 Å². The molecule has 3 aromatic carbocycles. The van der Waals surface area contributed by atoms with Crippen LogP contribution in [-0.4, -0.2) is 41.2 Å². The first-order chi connectivity index (χ1) is 12.9. The molecule has 4 aromatic rings. The number of rotatable bonds is 3. The molecule has 0 bridgehead atoms. The SMILES string of the molecule is O=C(c1ccc(O)cc1O)c1cc(-n2nc3ccccc3n2)c(O)cc1O. The first-order valence-corrected chi connectivity index (χ1v) is 7.89. The van der Waals surface area contributed by atoms with Gasteiger partial charge in [0.1, 0.15) is 39.7 Å². The van der Waals surface area contributed by atoms with E-state index in [-0.39, 0.29) is 28.3 Å². The van der Waals surface area contributed by atoms with E-state index in [1.807, 2.05) is 0 Å². The zero-order chi connectivity index (χ0) is 19.1. The summed E-state index contributed by atoms with van der Waals surface area (Å²) < 4.78 is 0. The number of ketones is 1. The van der Waals surface area contributed by atoms with Gasteiger partial charge in [-0.1, -0.05) is 12.1 Å². The van der Waals surface area contributed by atoms with Gasteiger partial charge in [-0.05, 0) is 30.3 Å². The Labute approximate surface area is 152 Å². The largest absolute Gasteiger partial charge is 0.508 e. The Kier molecular flexibility index (Phi) is 3.66. The van der Waals surface area contributed by atoms with Gasteiger partial charge in [-0.3, -0.25) is 4.79 Å². The van der Waals surface area contributed by atoms with Gasteiger partial charge in [0.25, 0.3) is 0 Å². The maximum Gasteiger partial charge on any atom is 0.200 e. The van der Waals surface area contributed by atoms with Gasteiger partial charge < -0.3 is 20.4 Å². The minimum absolute atomic E-state index is 0.0885. The predicted molar refractivity (Wildman–Crippen MR) is 95.4 cm³/mol. The smallest absolute Gasteiger partial charge is 0.200 e. The van der Waals surface area contributed by atoms with Crippen LogP contribution in [0.2, 0.25) is 0 Å². The van der Waals surface area contributed by atoms with Gasteiger partial charge in [0, 0.05) is 12.1 Å². The van der Waals surface area contributed by atoms with Crippen LogP contribution >= 0.6 is 0 Å². The molecule has 0 unspecified atom stereocenters. The van der Waals surface area contributed by atoms with E-state index in [2.05, 4.69) is 10.2 Å². The van der Waals surface area contributed by atoms with Crippen molar-refractivity contribution in [3.8, 4) is 28.7 Å². The highest BCUT2D eigenvalue weighted by atomic mass is 16.3. The maximum absolute atomic E-state index is 12.7. The lowest BCUT2D eigenvalue weighted by molar-refractivity contribution is 0.103. The minimum Gasteiger partial charge on any atom is -0.508 e. The molecular weight excluding hydrogens is 350 g/mol. The second-order valence-electron chi connectivity index (χ2n) is 5.87. The Balaban J connectivity index is 1.85. The number of fused-ring (bicyclic) bond motifs is 1. The molecule has 0 atom stereocenters. The molecule has 0 fully saturated rings. The number of hydrogen-bond acceptors (Lipinski definition) is 7. The highest BCUT2D eigenvalue weighted by molar-refractivity contribution is 6.12. The number of benzene rings is 3. The summed E-state index contributed by atoms with van der Waals surface area (Å²) in [6.45, 7) is 0. The van der Waals surface area contributed by atoms with E-state index in [4.69, 9.17) is 0 Å². The van der Waals surface area contributed by atoms with Crippen LogP contribution in [0.1, 0.15) is 15.9 Å². The lowest BCUT2D eigenvalue weighted by Gasteiger charge is -2.10. The van der Waals surface area contributed by atoms with Gasteiger partial charge in [-0.15, -0.1) is 15.0 Å². The second-order valence-corrected chi connectivity index (χ2v) is 5.87. The molecule has 0 aliphatic rings. The summed E-state index contributed by atoms with van der Waals surface area (Å²) in [5.74, 6) is -2.11. The van der Waals surface area contributed by atoms with Crippen LogP contribution in [-0.2, 0) is 0 Å². The van der Waals surface area contributed by atoms with Crippen LogP contribution in [0.15, 0.2) is 54.6 Å². The summed E-state index contributed by atoms with van der Waals surface area (Å²) in [7, 11) is 0. The van der Waals surface area contributed by atoms with Gasteiger partial charge in [0.05, 0.1) is 11.1 Å². The Morgan fingerprint density at radius 2 is 1.37 bits per heavy atom. The summed E-state index contributed by atoms with van der Waals surface area (Å²) in [6, 6.07) is 12.8. The van der Waals surface area contributed by atoms with Crippen molar-refractivity contribution in [2.24, 2.45) is 0 Å². The van der Waals surface area contributed by atoms with Crippen molar-refractivity contribution < 1.29 is 25.2 Å². The lowest BCUT2D eigenvalue weighted by atomic mass is 10.0. The number of carbonyl (C=O) groups excluding carboxylic acids is 1. The molecule has 27 heavy (non-hydrogen) atoms. The van der Waals surface area contributed by atoms with Crippen molar-refractivity contribution in [3.05, 3.63) is 65.7 Å². The molecule has 0 saturated carbocycles. The average molecular weight is 363 g/mol. The molecular formula is C19H13N3O5. The average Bonchev–Trinajstić information content (AvgIpc) is 3.05. The zero-order valence-corrected chi connectivity index (χ0v) is 13.7. The van der Waals surface area contributed by atoms with Crippen molar-refractivity contribution in [2.75, 3.05) is 0 Å². The number of nitrogens with zero attached hydrogens (tertiary/aromatic N) is 3. The summed E-state index contributed by atoms with van der Waals surface area (Å²) in [4.78, 5) is 13.9. The van der Waals surface area contributed by atoms with Gasteiger partial charge in [0.15, 0.2) is 0 Å². The molecule has 8 heteroatoms. The molecule has 0 radical (unpaired) electrons. The van der Waals surface area contributed by atoms with Crippen LogP contribution < -0.4 is 0 Å². The van der Waals surface area contributed by atoms with Crippen molar-refractivity contribution in [3.63, 3.8) is 0 Å². The summed E-state index contributed by atoms with van der Waals surface area (Å²) in [5.41, 5.74) is 0.997. The number of carbonyl (C=O) groups is 1. The van der Waals surface area contributed by atoms with Crippen molar-refractivity contribution >= 4 is 16.8 Å². The number of phenols is 4. The highest BCUT2D eigenvalue weighted by Gasteiger charge is 2.21. The molecule has 0 aliphatic heterocycles. The van der Waals surface area contributed by atoms with Crippen LogP contribution in [0.5, 0.6) is 23.0 Å². The fraction of sp³-hybridized carbons (Fsp3) is 0. The number of hydrogen-bond donors (Lipinski definition) is 4. The third kappa shape index (κ3) is 2.78. The van der Waals surface area contributed by atoms with E-state index in [1.54, 1.807) is 24.3 Å². The van der Waals surface area contributed by atoms with E-state index in [0.717, 1.165) is 16.9 Å². The summed E-state index contributed by atoms with van der Waals surface area (Å²) >= 11 is 0. The van der Waals surface area contributed by atoms with Gasteiger partial charge in [-0.2, -0.15) is 0 Å². The summed E-state index contributed by atoms with van der Waals surface area (Å²) in [5, 5.41) is 48.1. The maximum atomic E-state index is 12.7. The number of aromatic hydroxyl groups is 4. The monoisotopic (exact) mass is 363 g/mol. The van der Waals surface area contributed by atoms with Crippen molar-refractivity contribution in [2.45, 2.75) is 0 Å². The Hall–Kier alpha value is -4.07. The fourth-order valence-electron chi connectivity index (χ4n) is 2.73. The van der Waals surface area contributed by atoms with Crippen LogP contribution in [0.4, 0.5) is 0 Å². The Bertz CT molecular complexity index is 1170. The minimum atomic E-state index is -0.692. The molecule has 0 spiro atoms. The molecule has 134 valence electrons.